The molecule has 0 saturated carbocycles. The van der Waals surface area contributed by atoms with E-state index in [1.807, 2.05) is 0 Å². The molecule has 56 valence electrons. The Bertz CT molecular complexity index is 168. The van der Waals surface area contributed by atoms with Crippen LogP contribution in [0.25, 0.3) is 0 Å². The van der Waals surface area contributed by atoms with Crippen molar-refractivity contribution >= 4 is 11.6 Å². The molecule has 1 atom stereocenters. The number of aliphatic hydroxyl groups is 1. The summed E-state index contributed by atoms with van der Waals surface area (Å²) in [5.74, 6) is 0. The summed E-state index contributed by atoms with van der Waals surface area (Å²) < 4.78 is 0. The lowest BCUT2D eigenvalue weighted by Crippen LogP contribution is -2.03. The number of halogens is 1. The van der Waals surface area contributed by atoms with Crippen LogP contribution >= 0.6 is 11.6 Å². The summed E-state index contributed by atoms with van der Waals surface area (Å²) in [6.45, 7) is 8.59. The number of hydrogen-bond acceptors (Lipinski definition) is 1. The molecule has 0 aliphatic carbocycles. The smallest absolute Gasteiger partial charge is 0.0776 e. The first-order valence-electron chi connectivity index (χ1n) is 2.95. The Hall–Kier alpha value is -0.530. The topological polar surface area (TPSA) is 20.2 Å². The quantitative estimate of drug-likeness (QED) is 0.625. The molecule has 0 heterocycles. The molecule has 0 saturated heterocycles. The van der Waals surface area contributed by atoms with Gasteiger partial charge in [0.15, 0.2) is 0 Å². The van der Waals surface area contributed by atoms with Gasteiger partial charge in [-0.05, 0) is 12.5 Å². The lowest BCUT2D eigenvalue weighted by Gasteiger charge is -2.06. The zero-order chi connectivity index (χ0) is 8.15. The van der Waals surface area contributed by atoms with Crippen molar-refractivity contribution in [1.82, 2.24) is 0 Å². The molecule has 1 nitrogen and oxygen atoms in total. The van der Waals surface area contributed by atoms with Crippen LogP contribution in [0.4, 0.5) is 0 Å². The third-order valence-electron chi connectivity index (χ3n) is 1.06. The standard InChI is InChI=1S/C8H11ClO/c1-4-5-8(6(2)9)7(3)10/h4-5,7,10H,1-2H2,3H3/b8-5+. The number of allylic oxidation sites excluding steroid dienone is 2. The fourth-order valence-electron chi connectivity index (χ4n) is 0.583. The van der Waals surface area contributed by atoms with Crippen molar-refractivity contribution in [3.63, 3.8) is 0 Å². The maximum absolute atomic E-state index is 9.05. The Kier molecular flexibility index (Phi) is 4.08. The van der Waals surface area contributed by atoms with E-state index in [4.69, 9.17) is 16.7 Å². The largest absolute Gasteiger partial charge is 0.389 e. The number of hydrogen-bond donors (Lipinski definition) is 1. The SMILES string of the molecule is C=C/C=C(\C(=C)Cl)C(C)O. The highest BCUT2D eigenvalue weighted by atomic mass is 35.5. The minimum Gasteiger partial charge on any atom is -0.389 e. The van der Waals surface area contributed by atoms with E-state index in [9.17, 15) is 0 Å². The number of aliphatic hydroxyl groups excluding tert-OH is 1. The van der Waals surface area contributed by atoms with Crippen LogP contribution in [0.5, 0.6) is 0 Å². The van der Waals surface area contributed by atoms with Crippen LogP contribution in [0.15, 0.2) is 35.9 Å². The molecular formula is C8H11ClO. The summed E-state index contributed by atoms with van der Waals surface area (Å²) in [6.07, 6.45) is 2.62. The van der Waals surface area contributed by atoms with Gasteiger partial charge in [0.05, 0.1) is 6.10 Å². The van der Waals surface area contributed by atoms with Gasteiger partial charge in [-0.3, -0.25) is 0 Å². The highest BCUT2D eigenvalue weighted by Crippen LogP contribution is 2.15. The maximum atomic E-state index is 9.05. The summed E-state index contributed by atoms with van der Waals surface area (Å²) >= 11 is 5.55. The second-order valence-corrected chi connectivity index (χ2v) is 2.39. The molecule has 0 rings (SSSR count). The van der Waals surface area contributed by atoms with Crippen LogP contribution < -0.4 is 0 Å². The summed E-state index contributed by atoms with van der Waals surface area (Å²) in [6, 6.07) is 0. The van der Waals surface area contributed by atoms with Gasteiger partial charge in [0.1, 0.15) is 0 Å². The molecule has 0 fully saturated rings. The molecule has 0 aromatic rings. The Morgan fingerprint density at radius 3 is 2.30 bits per heavy atom. The fourth-order valence-corrected chi connectivity index (χ4v) is 0.804. The van der Waals surface area contributed by atoms with E-state index in [1.165, 1.54) is 0 Å². The van der Waals surface area contributed by atoms with Crippen LogP contribution in [0.3, 0.4) is 0 Å². The Labute approximate surface area is 66.3 Å². The molecule has 0 spiro atoms. The van der Waals surface area contributed by atoms with Gasteiger partial charge in [0.25, 0.3) is 0 Å². The summed E-state index contributed by atoms with van der Waals surface area (Å²) in [7, 11) is 0. The monoisotopic (exact) mass is 158 g/mol. The highest BCUT2D eigenvalue weighted by Gasteiger charge is 2.04. The molecule has 0 bridgehead atoms. The number of rotatable bonds is 3. The van der Waals surface area contributed by atoms with Crippen LogP contribution in [0.1, 0.15) is 6.92 Å². The average Bonchev–Trinajstić information content (AvgIpc) is 1.81. The second-order valence-electron chi connectivity index (χ2n) is 1.94. The highest BCUT2D eigenvalue weighted by molar-refractivity contribution is 6.31. The van der Waals surface area contributed by atoms with E-state index in [0.29, 0.717) is 10.6 Å². The average molecular weight is 159 g/mol. The molecular weight excluding hydrogens is 148 g/mol. The first-order valence-corrected chi connectivity index (χ1v) is 3.32. The van der Waals surface area contributed by atoms with Gasteiger partial charge in [0.2, 0.25) is 0 Å². The maximum Gasteiger partial charge on any atom is 0.0776 e. The lowest BCUT2D eigenvalue weighted by molar-refractivity contribution is 0.235. The predicted octanol–water partition coefficient (Wildman–Crippen LogP) is 2.23. The molecule has 0 aromatic carbocycles. The van der Waals surface area contributed by atoms with Crippen molar-refractivity contribution in [3.05, 3.63) is 35.9 Å². The molecule has 0 amide bonds. The molecule has 0 aromatic heterocycles. The van der Waals surface area contributed by atoms with E-state index in [1.54, 1.807) is 19.1 Å². The van der Waals surface area contributed by atoms with Crippen LogP contribution in [-0.4, -0.2) is 11.2 Å². The third kappa shape index (κ3) is 2.85. The Morgan fingerprint density at radius 1 is 1.70 bits per heavy atom. The first kappa shape index (κ1) is 9.47. The lowest BCUT2D eigenvalue weighted by atomic mass is 10.1. The summed E-state index contributed by atoms with van der Waals surface area (Å²) in [5.41, 5.74) is 0.608. The van der Waals surface area contributed by atoms with E-state index in [0.717, 1.165) is 0 Å². The molecule has 1 unspecified atom stereocenters. The van der Waals surface area contributed by atoms with Crippen molar-refractivity contribution in [2.45, 2.75) is 13.0 Å². The molecule has 2 heteroatoms. The molecule has 1 N–H and O–H groups in total. The van der Waals surface area contributed by atoms with E-state index in [2.05, 4.69) is 13.2 Å². The van der Waals surface area contributed by atoms with E-state index in [-0.39, 0.29) is 0 Å². The predicted molar refractivity (Wildman–Crippen MR) is 45.0 cm³/mol. The zero-order valence-corrected chi connectivity index (χ0v) is 6.73. The van der Waals surface area contributed by atoms with Gasteiger partial charge in [-0.1, -0.05) is 36.9 Å². The fraction of sp³-hybridized carbons (Fsp3) is 0.250. The van der Waals surface area contributed by atoms with Gasteiger partial charge in [-0.15, -0.1) is 0 Å². The van der Waals surface area contributed by atoms with Gasteiger partial charge < -0.3 is 5.11 Å². The van der Waals surface area contributed by atoms with Crippen molar-refractivity contribution in [2.75, 3.05) is 0 Å². The minimum absolute atomic E-state index is 0.356. The van der Waals surface area contributed by atoms with Gasteiger partial charge in [-0.2, -0.15) is 0 Å². The minimum atomic E-state index is -0.581. The third-order valence-corrected chi connectivity index (χ3v) is 1.28. The van der Waals surface area contributed by atoms with Crippen LogP contribution in [0, 0.1) is 0 Å². The molecule has 0 radical (unpaired) electrons. The molecule has 0 aliphatic rings. The zero-order valence-electron chi connectivity index (χ0n) is 5.97. The summed E-state index contributed by atoms with van der Waals surface area (Å²) in [4.78, 5) is 0. The molecule has 10 heavy (non-hydrogen) atoms. The van der Waals surface area contributed by atoms with Crippen molar-refractivity contribution in [3.8, 4) is 0 Å². The second kappa shape index (κ2) is 4.31. The van der Waals surface area contributed by atoms with E-state index >= 15 is 0 Å². The normalized spacial score (nSPS) is 14.5. The van der Waals surface area contributed by atoms with Crippen molar-refractivity contribution < 1.29 is 5.11 Å². The van der Waals surface area contributed by atoms with Gasteiger partial charge in [0, 0.05) is 5.03 Å². The summed E-state index contributed by atoms with van der Waals surface area (Å²) in [5, 5.41) is 9.41. The van der Waals surface area contributed by atoms with Crippen molar-refractivity contribution in [1.29, 1.82) is 0 Å². The van der Waals surface area contributed by atoms with Gasteiger partial charge >= 0.3 is 0 Å². The van der Waals surface area contributed by atoms with Crippen LogP contribution in [0.2, 0.25) is 0 Å². The Morgan fingerprint density at radius 2 is 2.20 bits per heavy atom. The first-order chi connectivity index (χ1) is 4.59. The Balaban J connectivity index is 4.41. The molecule has 0 aliphatic heterocycles. The van der Waals surface area contributed by atoms with E-state index < -0.39 is 6.10 Å². The van der Waals surface area contributed by atoms with Crippen LogP contribution in [-0.2, 0) is 0 Å². The van der Waals surface area contributed by atoms with Gasteiger partial charge in [-0.25, -0.2) is 0 Å². The van der Waals surface area contributed by atoms with Crippen molar-refractivity contribution in [2.24, 2.45) is 0 Å².